The van der Waals surface area contributed by atoms with Gasteiger partial charge in [0, 0.05) is 6.42 Å². The molecule has 0 saturated carbocycles. The lowest BCUT2D eigenvalue weighted by atomic mass is 10.0. The number of aliphatic hydroxyl groups excluding tert-OH is 1. The minimum atomic E-state index is -4.59. The Morgan fingerprint density at radius 1 is 0.531 bits per heavy atom. The molecule has 8 nitrogen and oxygen atoms in total. The number of unbranched alkanes of at least 4 members (excludes halogenated alkanes) is 36. The number of quaternary nitrogens is 1. The number of hydrogen-bond donors (Lipinski definition) is 2. The lowest BCUT2D eigenvalue weighted by Crippen LogP contribution is -2.45. The molecule has 0 aliphatic carbocycles. The number of phosphoric acid groups is 1. The fourth-order valence-corrected chi connectivity index (χ4v) is 9.00. The van der Waals surface area contributed by atoms with Gasteiger partial charge in [-0.15, -0.1) is 0 Å². The van der Waals surface area contributed by atoms with E-state index in [1.54, 1.807) is 6.08 Å². The summed E-state index contributed by atoms with van der Waals surface area (Å²) in [6.07, 6.45) is 58.5. The van der Waals surface area contributed by atoms with Crippen molar-refractivity contribution in [1.29, 1.82) is 0 Å². The number of nitrogens with zero attached hydrogens (tertiary/aromatic N) is 1. The van der Waals surface area contributed by atoms with Crippen molar-refractivity contribution in [3.8, 4) is 0 Å². The van der Waals surface area contributed by atoms with E-state index in [1.807, 2.05) is 27.2 Å². The van der Waals surface area contributed by atoms with Gasteiger partial charge in [0.15, 0.2) is 0 Å². The van der Waals surface area contributed by atoms with Crippen LogP contribution >= 0.6 is 7.82 Å². The number of hydrogen-bond acceptors (Lipinski definition) is 6. The Morgan fingerprint density at radius 2 is 0.891 bits per heavy atom. The minimum Gasteiger partial charge on any atom is -0.756 e. The molecule has 64 heavy (non-hydrogen) atoms. The monoisotopic (exact) mass is 925 g/mol. The Morgan fingerprint density at radius 3 is 1.28 bits per heavy atom. The van der Waals surface area contributed by atoms with Crippen LogP contribution in [0.15, 0.2) is 24.3 Å². The molecule has 0 saturated heterocycles. The summed E-state index contributed by atoms with van der Waals surface area (Å²) in [6, 6.07) is -0.888. The summed E-state index contributed by atoms with van der Waals surface area (Å²) in [5.41, 5.74) is 0. The third-order valence-corrected chi connectivity index (χ3v) is 13.6. The summed E-state index contributed by atoms with van der Waals surface area (Å²) in [5.74, 6) is -0.207. The van der Waals surface area contributed by atoms with Gasteiger partial charge in [-0.05, 0) is 38.5 Å². The van der Waals surface area contributed by atoms with E-state index in [-0.39, 0.29) is 19.1 Å². The van der Waals surface area contributed by atoms with Crippen molar-refractivity contribution >= 4 is 13.7 Å². The lowest BCUT2D eigenvalue weighted by molar-refractivity contribution is -0.870. The van der Waals surface area contributed by atoms with Crippen LogP contribution in [0.3, 0.4) is 0 Å². The molecule has 3 unspecified atom stereocenters. The molecular weight excluding hydrogens is 816 g/mol. The predicted octanol–water partition coefficient (Wildman–Crippen LogP) is 15.8. The van der Waals surface area contributed by atoms with Crippen LogP contribution in [0.4, 0.5) is 0 Å². The molecule has 0 heterocycles. The fourth-order valence-electron chi connectivity index (χ4n) is 8.28. The number of nitrogens with one attached hydrogen (secondary N) is 1. The molecule has 0 rings (SSSR count). The lowest BCUT2D eigenvalue weighted by Gasteiger charge is -2.29. The van der Waals surface area contributed by atoms with Crippen LogP contribution in [-0.4, -0.2) is 68.5 Å². The Hall–Kier alpha value is -1.02. The van der Waals surface area contributed by atoms with Crippen LogP contribution in [0, 0.1) is 0 Å². The van der Waals surface area contributed by atoms with Gasteiger partial charge in [-0.1, -0.05) is 250 Å². The van der Waals surface area contributed by atoms with Crippen molar-refractivity contribution in [1.82, 2.24) is 5.32 Å². The van der Waals surface area contributed by atoms with E-state index >= 15 is 0 Å². The maximum atomic E-state index is 12.8. The quantitative estimate of drug-likeness (QED) is 0.0272. The van der Waals surface area contributed by atoms with E-state index in [0.29, 0.717) is 17.4 Å². The summed E-state index contributed by atoms with van der Waals surface area (Å²) in [5, 5.41) is 13.8. The van der Waals surface area contributed by atoms with Crippen molar-refractivity contribution in [2.24, 2.45) is 0 Å². The van der Waals surface area contributed by atoms with Crippen molar-refractivity contribution < 1.29 is 32.9 Å². The summed E-state index contributed by atoms with van der Waals surface area (Å²) in [6.45, 7) is 4.60. The third kappa shape index (κ3) is 48.9. The van der Waals surface area contributed by atoms with Gasteiger partial charge < -0.3 is 28.8 Å². The summed E-state index contributed by atoms with van der Waals surface area (Å²) >= 11 is 0. The summed E-state index contributed by atoms with van der Waals surface area (Å²) in [7, 11) is 1.26. The first-order chi connectivity index (χ1) is 31.0. The second-order valence-electron chi connectivity index (χ2n) is 20.3. The SMILES string of the molecule is CCC/C=C\CCCCCCCC(=O)NC(COP(=O)([O-])OCC[N+](C)(C)C)C(O)/C=C/CCCCCCCCCCCCCCCCCCCCCCCCCCCCCCCC. The van der Waals surface area contributed by atoms with Gasteiger partial charge in [0.25, 0.3) is 7.82 Å². The van der Waals surface area contributed by atoms with Crippen LogP contribution in [-0.2, 0) is 18.4 Å². The summed E-state index contributed by atoms with van der Waals surface area (Å²) in [4.78, 5) is 25.3. The average Bonchev–Trinajstić information content (AvgIpc) is 3.25. The smallest absolute Gasteiger partial charge is 0.268 e. The first-order valence-corrected chi connectivity index (χ1v) is 29.2. The Labute approximate surface area is 398 Å². The highest BCUT2D eigenvalue weighted by molar-refractivity contribution is 7.45. The largest absolute Gasteiger partial charge is 0.756 e. The van der Waals surface area contributed by atoms with Crippen molar-refractivity contribution in [3.63, 3.8) is 0 Å². The number of carbonyl (C=O) groups is 1. The number of carbonyl (C=O) groups excluding carboxylic acids is 1. The zero-order chi connectivity index (χ0) is 47.1. The first-order valence-electron chi connectivity index (χ1n) is 27.7. The van der Waals surface area contributed by atoms with Gasteiger partial charge in [-0.25, -0.2) is 0 Å². The second-order valence-corrected chi connectivity index (χ2v) is 21.7. The molecule has 380 valence electrons. The Balaban J connectivity index is 3.99. The normalized spacial score (nSPS) is 14.2. The molecule has 1 amide bonds. The number of rotatable bonds is 51. The van der Waals surface area contributed by atoms with Crippen LogP contribution in [0.1, 0.15) is 271 Å². The van der Waals surface area contributed by atoms with Crippen LogP contribution in [0.25, 0.3) is 0 Å². The molecule has 0 fully saturated rings. The molecule has 3 atom stereocenters. The van der Waals surface area contributed by atoms with Gasteiger partial charge in [-0.3, -0.25) is 9.36 Å². The summed E-state index contributed by atoms with van der Waals surface area (Å²) < 4.78 is 23.2. The van der Waals surface area contributed by atoms with E-state index in [9.17, 15) is 19.4 Å². The van der Waals surface area contributed by atoms with E-state index in [2.05, 4.69) is 31.3 Å². The molecule has 0 aromatic heterocycles. The maximum Gasteiger partial charge on any atom is 0.268 e. The highest BCUT2D eigenvalue weighted by Crippen LogP contribution is 2.38. The molecule has 0 aliphatic heterocycles. The van der Waals surface area contributed by atoms with Crippen LogP contribution < -0.4 is 10.2 Å². The molecule has 0 aliphatic rings. The first kappa shape index (κ1) is 63.0. The molecular formula is C55H109N2O6P. The molecule has 9 heteroatoms. The van der Waals surface area contributed by atoms with Crippen molar-refractivity contribution in [2.75, 3.05) is 40.9 Å². The average molecular weight is 925 g/mol. The zero-order valence-electron chi connectivity index (χ0n) is 43.3. The number of phosphoric ester groups is 1. The van der Waals surface area contributed by atoms with Gasteiger partial charge in [-0.2, -0.15) is 0 Å². The standard InChI is InChI=1S/C55H109N2O6P/c1-6-8-10-12-14-16-18-19-20-21-22-23-24-25-26-27-28-29-30-31-32-33-34-35-36-37-38-39-40-42-44-46-48-54(58)53(52-63-64(60,61)62-51-50-57(3,4)5)56-55(59)49-47-45-43-41-17-15-13-11-9-7-2/h11,13,46,48,53-54,58H,6-10,12,14-45,47,49-52H2,1-5H3,(H-,56,59,60,61)/b13-11-,48-46+. The second kappa shape index (κ2) is 47.1. The van der Waals surface area contributed by atoms with E-state index in [0.717, 1.165) is 64.2 Å². The molecule has 0 spiro atoms. The van der Waals surface area contributed by atoms with Crippen LogP contribution in [0.2, 0.25) is 0 Å². The number of allylic oxidation sites excluding steroid dienone is 3. The minimum absolute atomic E-state index is 0.00150. The van der Waals surface area contributed by atoms with E-state index < -0.39 is 20.0 Å². The highest BCUT2D eigenvalue weighted by Gasteiger charge is 2.23. The van der Waals surface area contributed by atoms with Crippen molar-refractivity contribution in [2.45, 2.75) is 283 Å². The van der Waals surface area contributed by atoms with Gasteiger partial charge >= 0.3 is 0 Å². The number of aliphatic hydroxyl groups is 1. The molecule has 0 aromatic carbocycles. The van der Waals surface area contributed by atoms with Gasteiger partial charge in [0.1, 0.15) is 13.2 Å². The zero-order valence-corrected chi connectivity index (χ0v) is 44.1. The molecule has 0 aromatic rings. The number of amides is 1. The number of likely N-dealkylation sites (N-methyl/N-ethyl adjacent to an activating group) is 1. The Bertz CT molecular complexity index is 1090. The fraction of sp³-hybridized carbons (Fsp3) is 0.909. The van der Waals surface area contributed by atoms with Crippen LogP contribution in [0.5, 0.6) is 0 Å². The van der Waals surface area contributed by atoms with E-state index in [1.165, 1.54) is 186 Å². The Kier molecular flexibility index (Phi) is 46.3. The van der Waals surface area contributed by atoms with Crippen molar-refractivity contribution in [3.05, 3.63) is 24.3 Å². The molecule has 0 bridgehead atoms. The van der Waals surface area contributed by atoms with E-state index in [4.69, 9.17) is 9.05 Å². The topological polar surface area (TPSA) is 108 Å². The van der Waals surface area contributed by atoms with Gasteiger partial charge in [0.2, 0.25) is 5.91 Å². The maximum absolute atomic E-state index is 12.8. The highest BCUT2D eigenvalue weighted by atomic mass is 31.2. The van der Waals surface area contributed by atoms with Gasteiger partial charge in [0.05, 0.1) is 39.9 Å². The molecule has 0 radical (unpaired) electrons. The third-order valence-electron chi connectivity index (χ3n) is 12.6. The molecule has 2 N–H and O–H groups in total. The predicted molar refractivity (Wildman–Crippen MR) is 275 cm³/mol.